The van der Waals surface area contributed by atoms with Gasteiger partial charge in [0.25, 0.3) is 0 Å². The van der Waals surface area contributed by atoms with Crippen LogP contribution in [0.2, 0.25) is 0 Å². The zero-order valence-electron chi connectivity index (χ0n) is 11.3. The van der Waals surface area contributed by atoms with Crippen LogP contribution in [0.15, 0.2) is 18.2 Å². The predicted molar refractivity (Wildman–Crippen MR) is 72.8 cm³/mol. The third kappa shape index (κ3) is 3.08. The van der Waals surface area contributed by atoms with Crippen LogP contribution in [-0.2, 0) is 11.4 Å². The summed E-state index contributed by atoms with van der Waals surface area (Å²) in [5.74, 6) is -0.470. The average molecular weight is 282 g/mol. The fourth-order valence-corrected chi connectivity index (χ4v) is 2.38. The molecule has 0 spiro atoms. The summed E-state index contributed by atoms with van der Waals surface area (Å²) in [7, 11) is 0. The van der Waals surface area contributed by atoms with E-state index in [0.29, 0.717) is 31.9 Å². The van der Waals surface area contributed by atoms with Crippen molar-refractivity contribution in [1.82, 2.24) is 4.90 Å². The van der Waals surface area contributed by atoms with Crippen LogP contribution in [0.25, 0.3) is 0 Å². The smallest absolute Gasteiger partial charge is 0.225 e. The molecule has 0 atom stereocenters. The molecule has 2 rings (SSSR count). The third-order valence-corrected chi connectivity index (χ3v) is 3.53. The summed E-state index contributed by atoms with van der Waals surface area (Å²) in [4.78, 5) is 15.2. The number of piperazine rings is 1. The van der Waals surface area contributed by atoms with Crippen molar-refractivity contribution in [3.8, 4) is 0 Å². The maximum atomic E-state index is 14.1. The van der Waals surface area contributed by atoms with Crippen LogP contribution in [0.3, 0.4) is 0 Å². The molecule has 2 N–H and O–H groups in total. The Bertz CT molecular complexity index is 473. The quantitative estimate of drug-likeness (QED) is 0.836. The van der Waals surface area contributed by atoms with Gasteiger partial charge in [-0.15, -0.1) is 0 Å². The topological polar surface area (TPSA) is 64.0 Å². The van der Waals surface area contributed by atoms with Gasteiger partial charge in [0.15, 0.2) is 5.82 Å². The molecular weight excluding hydrogens is 263 g/mol. The molecule has 1 aromatic carbocycles. The van der Waals surface area contributed by atoms with Crippen molar-refractivity contribution in [2.45, 2.75) is 13.0 Å². The number of hydrogen-bond acceptors (Lipinski definition) is 4. The molecule has 20 heavy (non-hydrogen) atoms. The summed E-state index contributed by atoms with van der Waals surface area (Å²) in [6.45, 7) is 1.65. The minimum Gasteiger partial charge on any atom is -0.396 e. The molecule has 0 aromatic heterocycles. The van der Waals surface area contributed by atoms with Crippen LogP contribution in [0.5, 0.6) is 0 Å². The van der Waals surface area contributed by atoms with E-state index in [-0.39, 0.29) is 31.1 Å². The monoisotopic (exact) mass is 282 g/mol. The van der Waals surface area contributed by atoms with Crippen LogP contribution in [0, 0.1) is 5.82 Å². The van der Waals surface area contributed by atoms with E-state index in [0.717, 1.165) is 0 Å². The van der Waals surface area contributed by atoms with Gasteiger partial charge >= 0.3 is 0 Å². The molecule has 5 nitrogen and oxygen atoms in total. The van der Waals surface area contributed by atoms with E-state index in [9.17, 15) is 9.18 Å². The first-order valence-corrected chi connectivity index (χ1v) is 6.69. The molecule has 1 amide bonds. The van der Waals surface area contributed by atoms with Crippen LogP contribution >= 0.6 is 0 Å². The number of carbonyl (C=O) groups is 1. The third-order valence-electron chi connectivity index (χ3n) is 3.53. The molecule has 0 bridgehead atoms. The van der Waals surface area contributed by atoms with E-state index >= 15 is 0 Å². The Hall–Kier alpha value is -1.66. The second-order valence-electron chi connectivity index (χ2n) is 4.75. The number of nitrogens with zero attached hydrogens (tertiary/aromatic N) is 2. The summed E-state index contributed by atoms with van der Waals surface area (Å²) in [5, 5.41) is 17.8. The van der Waals surface area contributed by atoms with Gasteiger partial charge in [0.1, 0.15) is 0 Å². The molecule has 0 radical (unpaired) electrons. The van der Waals surface area contributed by atoms with Crippen molar-refractivity contribution in [3.05, 3.63) is 29.6 Å². The summed E-state index contributed by atoms with van der Waals surface area (Å²) in [6, 6.07) is 4.95. The van der Waals surface area contributed by atoms with Gasteiger partial charge in [-0.25, -0.2) is 4.39 Å². The molecule has 0 unspecified atom stereocenters. The van der Waals surface area contributed by atoms with Crippen molar-refractivity contribution in [2.24, 2.45) is 0 Å². The lowest BCUT2D eigenvalue weighted by atomic mass is 10.1. The van der Waals surface area contributed by atoms with Crippen molar-refractivity contribution < 1.29 is 19.4 Å². The molecule has 1 aromatic rings. The van der Waals surface area contributed by atoms with E-state index in [4.69, 9.17) is 10.2 Å². The van der Waals surface area contributed by atoms with E-state index in [2.05, 4.69) is 0 Å². The van der Waals surface area contributed by atoms with E-state index in [1.165, 1.54) is 0 Å². The Balaban J connectivity index is 2.02. The molecular formula is C14H19FN2O3. The number of hydrogen-bond donors (Lipinski definition) is 2. The minimum absolute atomic E-state index is 0.0725. The zero-order valence-corrected chi connectivity index (χ0v) is 11.3. The van der Waals surface area contributed by atoms with Gasteiger partial charge in [-0.3, -0.25) is 4.79 Å². The summed E-state index contributed by atoms with van der Waals surface area (Å²) < 4.78 is 14.1. The number of rotatable bonds is 4. The number of amides is 1. The van der Waals surface area contributed by atoms with Crippen molar-refractivity contribution in [2.75, 3.05) is 37.7 Å². The summed E-state index contributed by atoms with van der Waals surface area (Å²) >= 11 is 0. The largest absolute Gasteiger partial charge is 0.396 e. The van der Waals surface area contributed by atoms with Gasteiger partial charge in [-0.05, 0) is 6.07 Å². The van der Waals surface area contributed by atoms with Gasteiger partial charge in [0, 0.05) is 38.2 Å². The second-order valence-corrected chi connectivity index (χ2v) is 4.75. The lowest BCUT2D eigenvalue weighted by Gasteiger charge is -2.36. The van der Waals surface area contributed by atoms with E-state index in [1.807, 2.05) is 4.90 Å². The van der Waals surface area contributed by atoms with Crippen LogP contribution in [0.4, 0.5) is 10.1 Å². The Morgan fingerprint density at radius 1 is 1.20 bits per heavy atom. The average Bonchev–Trinajstić information content (AvgIpc) is 2.48. The molecule has 1 aliphatic heterocycles. The fourth-order valence-electron chi connectivity index (χ4n) is 2.38. The number of anilines is 1. The molecule has 1 fully saturated rings. The maximum absolute atomic E-state index is 14.1. The second kappa shape index (κ2) is 6.67. The maximum Gasteiger partial charge on any atom is 0.225 e. The standard InChI is InChI=1S/C14H19FN2O3/c15-14-11(10-19)2-1-3-12(14)16-5-7-17(8-6-16)13(20)4-9-18/h1-3,18-19H,4-10H2. The highest BCUT2D eigenvalue weighted by Crippen LogP contribution is 2.23. The predicted octanol–water partition coefficient (Wildman–Crippen LogP) is 0.349. The molecule has 0 saturated carbocycles. The van der Waals surface area contributed by atoms with Crippen LogP contribution < -0.4 is 4.90 Å². The zero-order chi connectivity index (χ0) is 14.5. The van der Waals surface area contributed by atoms with E-state index in [1.54, 1.807) is 23.1 Å². The van der Waals surface area contributed by atoms with Crippen LogP contribution in [-0.4, -0.2) is 53.8 Å². The van der Waals surface area contributed by atoms with Gasteiger partial charge in [-0.2, -0.15) is 0 Å². The highest BCUT2D eigenvalue weighted by atomic mass is 19.1. The van der Waals surface area contributed by atoms with Crippen molar-refractivity contribution in [1.29, 1.82) is 0 Å². The number of aliphatic hydroxyl groups is 2. The normalized spacial score (nSPS) is 15.6. The van der Waals surface area contributed by atoms with Crippen molar-refractivity contribution in [3.63, 3.8) is 0 Å². The molecule has 1 saturated heterocycles. The summed E-state index contributed by atoms with van der Waals surface area (Å²) in [5.41, 5.74) is 0.743. The first-order chi connectivity index (χ1) is 9.67. The first kappa shape index (κ1) is 14.7. The fraction of sp³-hybridized carbons (Fsp3) is 0.500. The number of aliphatic hydroxyl groups excluding tert-OH is 2. The molecule has 0 aliphatic carbocycles. The number of carbonyl (C=O) groups excluding carboxylic acids is 1. The van der Waals surface area contributed by atoms with Gasteiger partial charge in [-0.1, -0.05) is 12.1 Å². The Morgan fingerprint density at radius 2 is 1.90 bits per heavy atom. The lowest BCUT2D eigenvalue weighted by molar-refractivity contribution is -0.132. The highest BCUT2D eigenvalue weighted by Gasteiger charge is 2.23. The Morgan fingerprint density at radius 3 is 2.50 bits per heavy atom. The summed E-state index contributed by atoms with van der Waals surface area (Å²) in [6.07, 6.45) is 0.133. The minimum atomic E-state index is -0.398. The van der Waals surface area contributed by atoms with Crippen LogP contribution in [0.1, 0.15) is 12.0 Å². The molecule has 6 heteroatoms. The highest BCUT2D eigenvalue weighted by molar-refractivity contribution is 5.76. The van der Waals surface area contributed by atoms with E-state index < -0.39 is 5.82 Å². The lowest BCUT2D eigenvalue weighted by Crippen LogP contribution is -2.49. The van der Waals surface area contributed by atoms with Gasteiger partial charge in [0.2, 0.25) is 5.91 Å². The SMILES string of the molecule is O=C(CCO)N1CCN(c2cccc(CO)c2F)CC1. The first-order valence-electron chi connectivity index (χ1n) is 6.69. The molecule has 1 aliphatic rings. The number of benzene rings is 1. The Kier molecular flexibility index (Phi) is 4.92. The van der Waals surface area contributed by atoms with Gasteiger partial charge < -0.3 is 20.0 Å². The van der Waals surface area contributed by atoms with Gasteiger partial charge in [0.05, 0.1) is 18.9 Å². The number of halogens is 1. The van der Waals surface area contributed by atoms with Crippen molar-refractivity contribution >= 4 is 11.6 Å². The Labute approximate surface area is 117 Å². The molecule has 1 heterocycles. The molecule has 110 valence electrons.